The number of H-pyrrole nitrogens is 1. The highest BCUT2D eigenvalue weighted by molar-refractivity contribution is 7.86. The van der Waals surface area contributed by atoms with Gasteiger partial charge in [-0.15, -0.1) is 0 Å². The van der Waals surface area contributed by atoms with E-state index in [1.807, 2.05) is 0 Å². The molecule has 1 N–H and O–H groups in total. The van der Waals surface area contributed by atoms with E-state index in [9.17, 15) is 8.42 Å². The standard InChI is InChI=1S/C16H26N4O3S/c1-23-11-13-3-2-8-20(13)24(21,22)19-9-6-14-15(7-10-19)17-18-16(14)12-4-5-12/h12-13H,2-11H2,1H3,(H,17,18). The van der Waals surface area contributed by atoms with Crippen LogP contribution in [-0.2, 0) is 27.8 Å². The lowest BCUT2D eigenvalue weighted by molar-refractivity contribution is 0.146. The summed E-state index contributed by atoms with van der Waals surface area (Å²) in [5.41, 5.74) is 3.58. The number of fused-ring (bicyclic) bond motifs is 1. The van der Waals surface area contributed by atoms with Crippen molar-refractivity contribution in [3.8, 4) is 0 Å². The first-order valence-corrected chi connectivity index (χ1v) is 10.3. The maximum absolute atomic E-state index is 13.1. The summed E-state index contributed by atoms with van der Waals surface area (Å²) < 4.78 is 34.7. The van der Waals surface area contributed by atoms with Gasteiger partial charge in [-0.3, -0.25) is 5.10 Å². The highest BCUT2D eigenvalue weighted by Crippen LogP contribution is 2.41. The molecule has 1 unspecified atom stereocenters. The number of aromatic nitrogens is 2. The molecule has 2 fully saturated rings. The SMILES string of the molecule is COCC1CCCN1S(=O)(=O)N1CCc2[nH]nc(C3CC3)c2CC1. The van der Waals surface area contributed by atoms with Gasteiger partial charge in [0, 0.05) is 50.8 Å². The third kappa shape index (κ3) is 2.89. The van der Waals surface area contributed by atoms with Gasteiger partial charge in [-0.05, 0) is 37.7 Å². The zero-order chi connectivity index (χ0) is 16.7. The summed E-state index contributed by atoms with van der Waals surface area (Å²) in [6.45, 7) is 2.15. The molecule has 0 radical (unpaired) electrons. The molecule has 24 heavy (non-hydrogen) atoms. The van der Waals surface area contributed by atoms with Crippen molar-refractivity contribution in [2.24, 2.45) is 0 Å². The number of nitrogens with zero attached hydrogens (tertiary/aromatic N) is 3. The third-order valence-corrected chi connectivity index (χ3v) is 7.57. The fourth-order valence-electron chi connectivity index (χ4n) is 4.03. The van der Waals surface area contributed by atoms with E-state index in [1.54, 1.807) is 15.7 Å². The van der Waals surface area contributed by atoms with Crippen molar-refractivity contribution in [1.29, 1.82) is 0 Å². The van der Waals surface area contributed by atoms with Crippen molar-refractivity contribution in [1.82, 2.24) is 18.8 Å². The first kappa shape index (κ1) is 16.5. The third-order valence-electron chi connectivity index (χ3n) is 5.48. The summed E-state index contributed by atoms with van der Waals surface area (Å²) in [7, 11) is -1.78. The predicted octanol–water partition coefficient (Wildman–Crippen LogP) is 1.04. The summed E-state index contributed by atoms with van der Waals surface area (Å²) in [6, 6.07) is -0.0234. The minimum atomic E-state index is -3.42. The van der Waals surface area contributed by atoms with Crippen LogP contribution in [0.2, 0.25) is 0 Å². The minimum absolute atomic E-state index is 0.0234. The fourth-order valence-corrected chi connectivity index (χ4v) is 5.88. The molecule has 0 spiro atoms. The average molecular weight is 354 g/mol. The maximum atomic E-state index is 13.1. The normalized spacial score (nSPS) is 26.5. The van der Waals surface area contributed by atoms with Crippen molar-refractivity contribution in [2.45, 2.75) is 50.5 Å². The van der Waals surface area contributed by atoms with Crippen molar-refractivity contribution in [2.75, 3.05) is 33.4 Å². The lowest BCUT2D eigenvalue weighted by Gasteiger charge is -2.30. The number of rotatable bonds is 5. The Labute approximate surface area is 143 Å². The average Bonchev–Trinajstić information content (AvgIpc) is 3.23. The molecular formula is C16H26N4O3S. The van der Waals surface area contributed by atoms with Crippen molar-refractivity contribution in [3.63, 3.8) is 0 Å². The summed E-state index contributed by atoms with van der Waals surface area (Å²) in [4.78, 5) is 0. The van der Waals surface area contributed by atoms with Crippen molar-refractivity contribution >= 4 is 10.2 Å². The molecule has 1 saturated carbocycles. The van der Waals surface area contributed by atoms with Crippen LogP contribution in [0.25, 0.3) is 0 Å². The molecular weight excluding hydrogens is 328 g/mol. The van der Waals surface area contributed by atoms with Crippen molar-refractivity contribution < 1.29 is 13.2 Å². The van der Waals surface area contributed by atoms with E-state index in [0.717, 1.165) is 31.4 Å². The number of ether oxygens (including phenoxy) is 1. The van der Waals surface area contributed by atoms with Gasteiger partial charge in [0.2, 0.25) is 0 Å². The lowest BCUT2D eigenvalue weighted by atomic mass is 10.1. The lowest BCUT2D eigenvalue weighted by Crippen LogP contribution is -2.48. The zero-order valence-corrected chi connectivity index (χ0v) is 15.0. The summed E-state index contributed by atoms with van der Waals surface area (Å²) in [5, 5.41) is 7.64. The molecule has 2 aliphatic heterocycles. The smallest absolute Gasteiger partial charge is 0.282 e. The Morgan fingerprint density at radius 3 is 2.75 bits per heavy atom. The minimum Gasteiger partial charge on any atom is -0.383 e. The molecule has 1 atom stereocenters. The van der Waals surface area contributed by atoms with Crippen LogP contribution < -0.4 is 0 Å². The molecule has 0 aromatic carbocycles. The van der Waals surface area contributed by atoms with Gasteiger partial charge in [0.15, 0.2) is 0 Å². The maximum Gasteiger partial charge on any atom is 0.282 e. The van der Waals surface area contributed by atoms with E-state index in [2.05, 4.69) is 10.2 Å². The molecule has 1 saturated heterocycles. The molecule has 4 rings (SSSR count). The Morgan fingerprint density at radius 2 is 2.00 bits per heavy atom. The Balaban J connectivity index is 1.51. The summed E-state index contributed by atoms with van der Waals surface area (Å²) >= 11 is 0. The molecule has 8 heteroatoms. The topological polar surface area (TPSA) is 78.5 Å². The highest BCUT2D eigenvalue weighted by Gasteiger charge is 2.39. The number of hydrogen-bond donors (Lipinski definition) is 1. The van der Waals surface area contributed by atoms with Gasteiger partial charge in [0.05, 0.1) is 12.3 Å². The molecule has 1 aromatic heterocycles. The number of nitrogens with one attached hydrogen (secondary N) is 1. The Bertz CT molecular complexity index is 698. The van der Waals surface area contributed by atoms with Gasteiger partial charge in [-0.2, -0.15) is 22.1 Å². The molecule has 0 amide bonds. The largest absolute Gasteiger partial charge is 0.383 e. The number of aromatic amines is 1. The van der Waals surface area contributed by atoms with Crippen LogP contribution in [0.4, 0.5) is 0 Å². The van der Waals surface area contributed by atoms with Crippen LogP contribution in [0.3, 0.4) is 0 Å². The van der Waals surface area contributed by atoms with Gasteiger partial charge < -0.3 is 4.74 Å². The first-order chi connectivity index (χ1) is 11.6. The number of methoxy groups -OCH3 is 1. The van der Waals surface area contributed by atoms with E-state index >= 15 is 0 Å². The van der Waals surface area contributed by atoms with Crippen LogP contribution in [0, 0.1) is 0 Å². The van der Waals surface area contributed by atoms with Gasteiger partial charge in [0.1, 0.15) is 0 Å². The second-order valence-corrected chi connectivity index (χ2v) is 8.99. The van der Waals surface area contributed by atoms with Crippen molar-refractivity contribution in [3.05, 3.63) is 17.0 Å². The quantitative estimate of drug-likeness (QED) is 0.857. The highest BCUT2D eigenvalue weighted by atomic mass is 32.2. The van der Waals surface area contributed by atoms with E-state index < -0.39 is 10.2 Å². The fraction of sp³-hybridized carbons (Fsp3) is 0.812. The van der Waals surface area contributed by atoms with Crippen LogP contribution in [0.15, 0.2) is 0 Å². The predicted molar refractivity (Wildman–Crippen MR) is 90.1 cm³/mol. The first-order valence-electron chi connectivity index (χ1n) is 8.93. The van der Waals surface area contributed by atoms with E-state index in [4.69, 9.17) is 4.74 Å². The monoisotopic (exact) mass is 354 g/mol. The van der Waals surface area contributed by atoms with E-state index in [0.29, 0.717) is 32.2 Å². The van der Waals surface area contributed by atoms with Crippen LogP contribution in [-0.4, -0.2) is 66.6 Å². The van der Waals surface area contributed by atoms with E-state index in [-0.39, 0.29) is 6.04 Å². The molecule has 1 aliphatic carbocycles. The number of hydrogen-bond acceptors (Lipinski definition) is 4. The van der Waals surface area contributed by atoms with Crippen LogP contribution in [0.5, 0.6) is 0 Å². The second kappa shape index (κ2) is 6.40. The molecule has 7 nitrogen and oxygen atoms in total. The van der Waals surface area contributed by atoms with Gasteiger partial charge >= 0.3 is 0 Å². The Hall–Kier alpha value is -0.960. The Morgan fingerprint density at radius 1 is 1.21 bits per heavy atom. The molecule has 0 bridgehead atoms. The molecule has 3 heterocycles. The molecule has 3 aliphatic rings. The molecule has 1 aromatic rings. The second-order valence-electron chi connectivity index (χ2n) is 7.11. The van der Waals surface area contributed by atoms with Crippen LogP contribution in [0.1, 0.15) is 48.6 Å². The van der Waals surface area contributed by atoms with Gasteiger partial charge in [-0.1, -0.05) is 0 Å². The Kier molecular flexibility index (Phi) is 4.40. The molecule has 134 valence electrons. The van der Waals surface area contributed by atoms with Gasteiger partial charge in [0.25, 0.3) is 10.2 Å². The zero-order valence-electron chi connectivity index (χ0n) is 14.2. The summed E-state index contributed by atoms with van der Waals surface area (Å²) in [5.74, 6) is 0.595. The van der Waals surface area contributed by atoms with Crippen LogP contribution >= 0.6 is 0 Å². The summed E-state index contributed by atoms with van der Waals surface area (Å²) in [6.07, 6.45) is 5.71. The van der Waals surface area contributed by atoms with Gasteiger partial charge in [-0.25, -0.2) is 0 Å². The van der Waals surface area contributed by atoms with E-state index in [1.165, 1.54) is 24.1 Å².